The van der Waals surface area contributed by atoms with E-state index in [9.17, 15) is 0 Å². The van der Waals surface area contributed by atoms with E-state index in [0.29, 0.717) is 84.9 Å². The minimum atomic E-state index is -0.640. The largest absolute Gasteiger partial charge is 0.351 e. The van der Waals surface area contributed by atoms with E-state index < -0.39 is 12.6 Å². The molecule has 0 radical (unpaired) electrons. The fourth-order valence-corrected chi connectivity index (χ4v) is 11.1. The molecule has 0 fully saturated rings. The van der Waals surface area contributed by atoms with Crippen LogP contribution >= 0.6 is 31.9 Å². The van der Waals surface area contributed by atoms with Gasteiger partial charge < -0.3 is 28.7 Å². The zero-order valence-electron chi connectivity index (χ0n) is 49.2. The highest BCUT2D eigenvalue weighted by Gasteiger charge is 2.38. The number of nitrogens with zero attached hydrogens (tertiary/aromatic N) is 2. The minimum Gasteiger partial charge on any atom is -0.351 e. The SMILES string of the molecule is CC(C)CCCC(C)CCOC(CN1C(=O)C(c2ccc(Br)cc2)=c2cc3c(cc21)=C(c1ccc(Br)cc1)C(=O)N3CC(OCCC(C)CCCC(C)C)OCCC(C)CCCC(C)C)OCCC(C)CCCC(C)C. The van der Waals surface area contributed by atoms with Crippen molar-refractivity contribution in [3.63, 3.8) is 0 Å². The third-order valence-corrected chi connectivity index (χ3v) is 16.7. The van der Waals surface area contributed by atoms with Crippen LogP contribution in [0.3, 0.4) is 0 Å². The molecule has 2 heterocycles. The van der Waals surface area contributed by atoms with Gasteiger partial charge in [-0.2, -0.15) is 0 Å². The third-order valence-electron chi connectivity index (χ3n) is 15.7. The van der Waals surface area contributed by atoms with Gasteiger partial charge in [0.25, 0.3) is 11.8 Å². The Kier molecular flexibility index (Phi) is 27.8. The first-order valence-electron chi connectivity index (χ1n) is 29.9. The molecule has 0 bridgehead atoms. The van der Waals surface area contributed by atoms with Crippen LogP contribution in [-0.4, -0.2) is 63.9 Å². The van der Waals surface area contributed by atoms with Gasteiger partial charge in [0.1, 0.15) is 0 Å². The van der Waals surface area contributed by atoms with Crippen molar-refractivity contribution in [2.75, 3.05) is 49.3 Å². The Hall–Kier alpha value is -2.86. The van der Waals surface area contributed by atoms with E-state index in [0.717, 1.165) is 93.3 Å². The second-order valence-corrected chi connectivity index (χ2v) is 26.5. The molecule has 0 saturated carbocycles. The summed E-state index contributed by atoms with van der Waals surface area (Å²) in [6.07, 6.45) is 16.8. The van der Waals surface area contributed by atoms with E-state index in [2.05, 4.69) is 127 Å². The van der Waals surface area contributed by atoms with Gasteiger partial charge in [0, 0.05) is 19.4 Å². The predicted octanol–water partition coefficient (Wildman–Crippen LogP) is 16.4. The van der Waals surface area contributed by atoms with E-state index >= 15 is 9.59 Å². The molecule has 3 aromatic rings. The van der Waals surface area contributed by atoms with Gasteiger partial charge in [-0.25, -0.2) is 0 Å². The number of fused-ring (bicyclic) bond motifs is 2. The smallest absolute Gasteiger partial charge is 0.259 e. The molecule has 0 aliphatic carbocycles. The Morgan fingerprint density at radius 1 is 0.382 bits per heavy atom. The number of rotatable bonds is 38. The Bertz CT molecular complexity index is 2120. The zero-order chi connectivity index (χ0) is 55.3. The molecule has 4 unspecified atom stereocenters. The lowest BCUT2D eigenvalue weighted by molar-refractivity contribution is -0.143. The standard InChI is InChI=1S/C66H100Br2N2O6/c1-45(2)17-13-21-49(9)33-37-73-61(74-38-34-50(10)22-14-18-46(3)4)43-69-59-41-58-60(42-57(59)63(65(69)71)53-25-29-55(67)30-26-53)70(66(72)64(58)54-27-31-56(68)32-28-54)44-62(75-39-35-51(11)23-15-19-47(5)6)76-40-36-52(12)24-16-20-48(7)8/h25-32,41-42,45-52,61-62H,13-24,33-40,43-44H2,1-12H3. The lowest BCUT2D eigenvalue weighted by Gasteiger charge is -2.27. The number of benzene rings is 3. The van der Waals surface area contributed by atoms with E-state index in [1.807, 2.05) is 58.3 Å². The highest BCUT2D eigenvalue weighted by molar-refractivity contribution is 9.10. The number of hydrogen-bond acceptors (Lipinski definition) is 6. The number of carbonyl (C=O) groups excluding carboxylic acids is 2. The maximum atomic E-state index is 15.3. The number of halogens is 2. The lowest BCUT2D eigenvalue weighted by atomic mass is 9.97. The van der Waals surface area contributed by atoms with Crippen molar-refractivity contribution in [2.45, 2.75) is 198 Å². The quantitative estimate of drug-likeness (QED) is 0.0532. The highest BCUT2D eigenvalue weighted by Crippen LogP contribution is 2.33. The van der Waals surface area contributed by atoms with Crippen molar-refractivity contribution in [1.82, 2.24) is 0 Å². The molecule has 10 heteroatoms. The van der Waals surface area contributed by atoms with Crippen molar-refractivity contribution < 1.29 is 28.5 Å². The minimum absolute atomic E-state index is 0.111. The number of hydrogen-bond donors (Lipinski definition) is 0. The van der Waals surface area contributed by atoms with Crippen LogP contribution in [-0.2, 0) is 28.5 Å². The van der Waals surface area contributed by atoms with Crippen molar-refractivity contribution in [1.29, 1.82) is 0 Å². The average Bonchev–Trinajstić information content (AvgIpc) is 3.77. The molecule has 3 aromatic carbocycles. The zero-order valence-corrected chi connectivity index (χ0v) is 52.4. The highest BCUT2D eigenvalue weighted by atomic mass is 79.9. The predicted molar refractivity (Wildman–Crippen MR) is 325 cm³/mol. The molecule has 2 aliphatic heterocycles. The van der Waals surface area contributed by atoms with Crippen molar-refractivity contribution in [2.24, 2.45) is 47.3 Å². The molecule has 4 atom stereocenters. The van der Waals surface area contributed by atoms with E-state index in [1.54, 1.807) is 0 Å². The molecule has 0 saturated heterocycles. The van der Waals surface area contributed by atoms with Gasteiger partial charge in [0.15, 0.2) is 12.6 Å². The van der Waals surface area contributed by atoms with Crippen LogP contribution in [0.2, 0.25) is 0 Å². The Morgan fingerprint density at radius 2 is 0.645 bits per heavy atom. The van der Waals surface area contributed by atoms with Crippen molar-refractivity contribution >= 4 is 66.2 Å². The van der Waals surface area contributed by atoms with Gasteiger partial charge in [-0.05, 0) is 121 Å². The maximum Gasteiger partial charge on any atom is 0.259 e. The summed E-state index contributed by atoms with van der Waals surface area (Å²) in [7, 11) is 0. The van der Waals surface area contributed by atoms with Crippen LogP contribution in [0, 0.1) is 47.3 Å². The molecule has 0 spiro atoms. The number of ether oxygens (including phenoxy) is 4. The van der Waals surface area contributed by atoms with Gasteiger partial charge in [-0.3, -0.25) is 9.59 Å². The summed E-state index contributed by atoms with van der Waals surface area (Å²) in [5.41, 5.74) is 4.29. The normalized spacial score (nSPS) is 16.2. The molecule has 5 rings (SSSR count). The van der Waals surface area contributed by atoms with Crippen LogP contribution in [0.4, 0.5) is 11.4 Å². The maximum absolute atomic E-state index is 15.3. The monoisotopic (exact) mass is 1170 g/mol. The Balaban J connectivity index is 1.53. The lowest BCUT2D eigenvalue weighted by Crippen LogP contribution is -2.40. The Morgan fingerprint density at radius 3 is 0.895 bits per heavy atom. The summed E-state index contributed by atoms with van der Waals surface area (Å²) < 4.78 is 28.7. The van der Waals surface area contributed by atoms with Gasteiger partial charge in [0.2, 0.25) is 0 Å². The van der Waals surface area contributed by atoms with Crippen LogP contribution in [0.15, 0.2) is 69.6 Å². The number of anilines is 2. The molecular formula is C66H100Br2N2O6. The second-order valence-electron chi connectivity index (χ2n) is 24.7. The fraction of sp³-hybridized carbons (Fsp3) is 0.667. The Labute approximate surface area is 478 Å². The topological polar surface area (TPSA) is 77.5 Å². The first-order chi connectivity index (χ1) is 36.3. The summed E-state index contributed by atoms with van der Waals surface area (Å²) >= 11 is 7.27. The molecule has 0 N–H and O–H groups in total. The van der Waals surface area contributed by atoms with Gasteiger partial charge >= 0.3 is 0 Å². The third kappa shape index (κ3) is 21.0. The molecule has 8 nitrogen and oxygen atoms in total. The molecule has 424 valence electrons. The van der Waals surface area contributed by atoms with Crippen molar-refractivity contribution in [3.05, 3.63) is 91.2 Å². The average molecular weight is 1180 g/mol. The summed E-state index contributed by atoms with van der Waals surface area (Å²) in [5.74, 6) is 4.63. The first-order valence-corrected chi connectivity index (χ1v) is 31.4. The van der Waals surface area contributed by atoms with E-state index in [4.69, 9.17) is 18.9 Å². The van der Waals surface area contributed by atoms with Gasteiger partial charge in [0.05, 0.1) is 62.0 Å². The molecule has 2 amide bonds. The number of amides is 2. The molecule has 2 aliphatic rings. The molecule has 76 heavy (non-hydrogen) atoms. The second kappa shape index (κ2) is 33.0. The summed E-state index contributed by atoms with van der Waals surface area (Å²) in [4.78, 5) is 34.3. The summed E-state index contributed by atoms with van der Waals surface area (Å²) in [6.45, 7) is 30.2. The molecule has 0 aromatic heterocycles. The molecular weight excluding hydrogens is 1080 g/mol. The number of carbonyl (C=O) groups is 2. The summed E-state index contributed by atoms with van der Waals surface area (Å²) in [5, 5.41) is 1.56. The van der Waals surface area contributed by atoms with Crippen LogP contribution in [0.5, 0.6) is 0 Å². The summed E-state index contributed by atoms with van der Waals surface area (Å²) in [6, 6.07) is 20.1. The van der Waals surface area contributed by atoms with Crippen LogP contribution in [0.25, 0.3) is 11.1 Å². The van der Waals surface area contributed by atoms with E-state index in [-0.39, 0.29) is 24.9 Å². The van der Waals surface area contributed by atoms with Gasteiger partial charge in [-0.15, -0.1) is 0 Å². The van der Waals surface area contributed by atoms with Crippen LogP contribution < -0.4 is 20.2 Å². The van der Waals surface area contributed by atoms with Gasteiger partial charge in [-0.1, -0.05) is 216 Å². The first kappa shape index (κ1) is 64.0. The van der Waals surface area contributed by atoms with Crippen molar-refractivity contribution in [3.8, 4) is 0 Å². The fourth-order valence-electron chi connectivity index (χ4n) is 10.6. The van der Waals surface area contributed by atoms with Crippen LogP contribution in [0.1, 0.15) is 197 Å². The van der Waals surface area contributed by atoms with E-state index in [1.165, 1.54) is 51.4 Å².